The summed E-state index contributed by atoms with van der Waals surface area (Å²) < 4.78 is 5.68. The molecule has 0 aliphatic rings. The summed E-state index contributed by atoms with van der Waals surface area (Å²) in [6.45, 7) is 4.73. The molecule has 3 aromatic rings. The number of nitrogens with zero attached hydrogens (tertiary/aromatic N) is 2. The van der Waals surface area contributed by atoms with Crippen molar-refractivity contribution >= 4 is 29.4 Å². The van der Waals surface area contributed by atoms with E-state index in [-0.39, 0.29) is 11.7 Å². The molecule has 0 unspecified atom stereocenters. The van der Waals surface area contributed by atoms with Crippen LogP contribution in [0.25, 0.3) is 11.5 Å². The fourth-order valence-corrected chi connectivity index (χ4v) is 4.13. The number of benzene rings is 2. The van der Waals surface area contributed by atoms with Gasteiger partial charge in [-0.15, -0.1) is 22.0 Å². The quantitative estimate of drug-likeness (QED) is 0.403. The number of hydrogen-bond acceptors (Lipinski definition) is 6. The van der Waals surface area contributed by atoms with Gasteiger partial charge in [0.15, 0.2) is 0 Å². The number of aryl methyl sites for hydroxylation is 2. The molecule has 0 radical (unpaired) electrons. The summed E-state index contributed by atoms with van der Waals surface area (Å²) in [7, 11) is 0. The summed E-state index contributed by atoms with van der Waals surface area (Å²) in [5, 5.41) is 11.5. The number of rotatable bonds is 9. The molecule has 1 aromatic heterocycles. The topological polar surface area (TPSA) is 68.0 Å². The molecular weight excluding hydrogens is 390 g/mol. The molecule has 28 heavy (non-hydrogen) atoms. The van der Waals surface area contributed by atoms with Gasteiger partial charge in [-0.2, -0.15) is 0 Å². The van der Waals surface area contributed by atoms with Crippen LogP contribution in [0.2, 0.25) is 0 Å². The molecule has 2 aromatic carbocycles. The lowest BCUT2D eigenvalue weighted by Gasteiger charge is -2.04. The number of hydrogen-bond donors (Lipinski definition) is 1. The van der Waals surface area contributed by atoms with Crippen molar-refractivity contribution in [3.05, 3.63) is 59.7 Å². The normalized spacial score (nSPS) is 10.8. The second kappa shape index (κ2) is 10.3. The Labute approximate surface area is 173 Å². The largest absolute Gasteiger partial charge is 0.411 e. The van der Waals surface area contributed by atoms with Gasteiger partial charge in [-0.1, -0.05) is 47.2 Å². The fraction of sp³-hybridized carbons (Fsp3) is 0.286. The molecule has 1 heterocycles. The van der Waals surface area contributed by atoms with Gasteiger partial charge in [0, 0.05) is 17.0 Å². The van der Waals surface area contributed by atoms with E-state index < -0.39 is 0 Å². The van der Waals surface area contributed by atoms with E-state index in [1.807, 2.05) is 44.2 Å². The maximum atomic E-state index is 12.0. The van der Waals surface area contributed by atoms with Crippen LogP contribution in [0.4, 0.5) is 0 Å². The number of amides is 1. The lowest BCUT2D eigenvalue weighted by atomic mass is 10.1. The molecule has 0 saturated heterocycles. The number of aromatic nitrogens is 2. The second-order valence-electron chi connectivity index (χ2n) is 6.40. The highest BCUT2D eigenvalue weighted by atomic mass is 32.2. The van der Waals surface area contributed by atoms with Crippen molar-refractivity contribution in [3.8, 4) is 11.5 Å². The molecule has 0 bridgehead atoms. The van der Waals surface area contributed by atoms with E-state index in [1.54, 1.807) is 11.8 Å². The summed E-state index contributed by atoms with van der Waals surface area (Å²) in [6.07, 6.45) is 0.924. The lowest BCUT2D eigenvalue weighted by Crippen LogP contribution is -2.26. The predicted octanol–water partition coefficient (Wildman–Crippen LogP) is 4.74. The van der Waals surface area contributed by atoms with Crippen LogP contribution >= 0.6 is 23.5 Å². The SMILES string of the molecule is Cc1cc(C)cc(-c2nnc(SCC(=O)NCCCSc3ccccc3)o2)c1. The zero-order chi connectivity index (χ0) is 19.8. The van der Waals surface area contributed by atoms with Gasteiger partial charge in [0.2, 0.25) is 11.8 Å². The molecule has 1 N–H and O–H groups in total. The first kappa shape index (κ1) is 20.5. The van der Waals surface area contributed by atoms with Gasteiger partial charge in [0.25, 0.3) is 5.22 Å². The van der Waals surface area contributed by atoms with Crippen molar-refractivity contribution in [2.24, 2.45) is 0 Å². The zero-order valence-electron chi connectivity index (χ0n) is 16.0. The Morgan fingerprint density at radius 1 is 1.04 bits per heavy atom. The van der Waals surface area contributed by atoms with E-state index in [4.69, 9.17) is 4.42 Å². The van der Waals surface area contributed by atoms with E-state index in [9.17, 15) is 4.79 Å². The number of carbonyl (C=O) groups excluding carboxylic acids is 1. The van der Waals surface area contributed by atoms with Crippen molar-refractivity contribution < 1.29 is 9.21 Å². The Morgan fingerprint density at radius 2 is 1.79 bits per heavy atom. The van der Waals surface area contributed by atoms with Crippen LogP contribution in [0.15, 0.2) is 63.1 Å². The van der Waals surface area contributed by atoms with E-state index in [2.05, 4.69) is 33.7 Å². The molecule has 1 amide bonds. The summed E-state index contributed by atoms with van der Waals surface area (Å²) in [5.41, 5.74) is 3.19. The number of carbonyl (C=O) groups is 1. The van der Waals surface area contributed by atoms with Gasteiger partial charge in [0.1, 0.15) is 0 Å². The van der Waals surface area contributed by atoms with Crippen LogP contribution in [-0.4, -0.2) is 34.2 Å². The third-order valence-electron chi connectivity index (χ3n) is 3.86. The highest BCUT2D eigenvalue weighted by molar-refractivity contribution is 7.99. The first-order valence-corrected chi connectivity index (χ1v) is 11.1. The van der Waals surface area contributed by atoms with Crippen LogP contribution in [0.1, 0.15) is 17.5 Å². The second-order valence-corrected chi connectivity index (χ2v) is 8.50. The molecule has 0 atom stereocenters. The standard InChI is InChI=1S/C21H23N3O2S2/c1-15-11-16(2)13-17(12-15)20-23-24-21(26-20)28-14-19(25)22-9-6-10-27-18-7-4-3-5-8-18/h3-5,7-8,11-13H,6,9-10,14H2,1-2H3,(H,22,25). The van der Waals surface area contributed by atoms with E-state index in [0.717, 1.165) is 28.9 Å². The predicted molar refractivity (Wildman–Crippen MR) is 115 cm³/mol. The number of thioether (sulfide) groups is 2. The van der Waals surface area contributed by atoms with Gasteiger partial charge in [-0.05, 0) is 50.3 Å². The Hall–Kier alpha value is -2.25. The zero-order valence-corrected chi connectivity index (χ0v) is 17.6. The first-order chi connectivity index (χ1) is 13.6. The van der Waals surface area contributed by atoms with E-state index >= 15 is 0 Å². The molecule has 0 saturated carbocycles. The lowest BCUT2D eigenvalue weighted by molar-refractivity contribution is -0.118. The van der Waals surface area contributed by atoms with Crippen LogP contribution in [-0.2, 0) is 4.79 Å². The van der Waals surface area contributed by atoms with Gasteiger partial charge in [-0.25, -0.2) is 0 Å². The summed E-state index contributed by atoms with van der Waals surface area (Å²) in [4.78, 5) is 13.2. The van der Waals surface area contributed by atoms with Crippen molar-refractivity contribution in [2.45, 2.75) is 30.4 Å². The van der Waals surface area contributed by atoms with Crippen LogP contribution in [0.5, 0.6) is 0 Å². The average Bonchev–Trinajstić information content (AvgIpc) is 3.15. The molecule has 7 heteroatoms. The van der Waals surface area contributed by atoms with Crippen LogP contribution < -0.4 is 5.32 Å². The third kappa shape index (κ3) is 6.42. The van der Waals surface area contributed by atoms with Crippen molar-refractivity contribution in [3.63, 3.8) is 0 Å². The highest BCUT2D eigenvalue weighted by Gasteiger charge is 2.11. The van der Waals surface area contributed by atoms with Gasteiger partial charge in [0.05, 0.1) is 5.75 Å². The van der Waals surface area contributed by atoms with E-state index in [0.29, 0.717) is 17.7 Å². The first-order valence-electron chi connectivity index (χ1n) is 9.10. The minimum absolute atomic E-state index is 0.0270. The Kier molecular flexibility index (Phi) is 7.56. The average molecular weight is 414 g/mol. The molecule has 0 aliphatic heterocycles. The molecule has 0 spiro atoms. The van der Waals surface area contributed by atoms with Crippen molar-refractivity contribution in [1.82, 2.24) is 15.5 Å². The molecule has 0 aliphatic carbocycles. The Balaban J connectivity index is 1.37. The monoisotopic (exact) mass is 413 g/mol. The summed E-state index contributed by atoms with van der Waals surface area (Å²) in [5.74, 6) is 1.69. The number of nitrogens with one attached hydrogen (secondary N) is 1. The fourth-order valence-electron chi connectivity index (χ4n) is 2.67. The Bertz CT molecular complexity index is 893. The van der Waals surface area contributed by atoms with E-state index in [1.165, 1.54) is 16.7 Å². The van der Waals surface area contributed by atoms with Gasteiger partial charge in [-0.3, -0.25) is 4.79 Å². The maximum absolute atomic E-state index is 12.0. The van der Waals surface area contributed by atoms with Gasteiger partial charge < -0.3 is 9.73 Å². The highest BCUT2D eigenvalue weighted by Crippen LogP contribution is 2.24. The summed E-state index contributed by atoms with van der Waals surface area (Å²) in [6, 6.07) is 16.4. The molecule has 0 fully saturated rings. The smallest absolute Gasteiger partial charge is 0.277 e. The Morgan fingerprint density at radius 3 is 2.54 bits per heavy atom. The van der Waals surface area contributed by atoms with Crippen LogP contribution in [0.3, 0.4) is 0 Å². The molecular formula is C21H23N3O2S2. The van der Waals surface area contributed by atoms with Crippen LogP contribution in [0, 0.1) is 13.8 Å². The summed E-state index contributed by atoms with van der Waals surface area (Å²) >= 11 is 3.05. The maximum Gasteiger partial charge on any atom is 0.277 e. The van der Waals surface area contributed by atoms with Crippen molar-refractivity contribution in [1.29, 1.82) is 0 Å². The van der Waals surface area contributed by atoms with Crippen molar-refractivity contribution in [2.75, 3.05) is 18.1 Å². The van der Waals surface area contributed by atoms with Gasteiger partial charge >= 0.3 is 0 Å². The molecule has 146 valence electrons. The third-order valence-corrected chi connectivity index (χ3v) is 5.77. The molecule has 5 nitrogen and oxygen atoms in total. The minimum atomic E-state index is -0.0270. The molecule has 3 rings (SSSR count). The minimum Gasteiger partial charge on any atom is -0.411 e.